The number of hydrogen-bond donors (Lipinski definition) is 1. The van der Waals surface area contributed by atoms with Crippen molar-refractivity contribution in [2.45, 2.75) is 26.3 Å². The van der Waals surface area contributed by atoms with Crippen molar-refractivity contribution in [2.75, 3.05) is 32.7 Å². The number of nitrogens with one attached hydrogen (secondary N) is 1. The number of benzene rings is 2. The minimum atomic E-state index is -0.0815. The second kappa shape index (κ2) is 10.0. The van der Waals surface area contributed by atoms with Gasteiger partial charge < -0.3 is 10.2 Å². The van der Waals surface area contributed by atoms with Crippen LogP contribution in [0.5, 0.6) is 0 Å². The Balaban J connectivity index is 1.50. The van der Waals surface area contributed by atoms with Crippen molar-refractivity contribution >= 4 is 11.8 Å². The first kappa shape index (κ1) is 20.1. The first-order valence-corrected chi connectivity index (χ1v) is 10.1. The lowest BCUT2D eigenvalue weighted by Gasteiger charge is -2.34. The molecular weight excluding hydrogens is 350 g/mol. The summed E-state index contributed by atoms with van der Waals surface area (Å²) in [5.74, 6) is -0.0423. The van der Waals surface area contributed by atoms with Gasteiger partial charge >= 0.3 is 0 Å². The molecule has 2 aromatic carbocycles. The van der Waals surface area contributed by atoms with Crippen LogP contribution in [0.2, 0.25) is 0 Å². The second-order valence-corrected chi connectivity index (χ2v) is 7.24. The number of carbonyl (C=O) groups excluding carboxylic acids is 2. The highest BCUT2D eigenvalue weighted by molar-refractivity contribution is 5.97. The van der Waals surface area contributed by atoms with E-state index >= 15 is 0 Å². The Bertz CT molecular complexity index is 766. The smallest absolute Gasteiger partial charge is 0.253 e. The van der Waals surface area contributed by atoms with Gasteiger partial charge in [0.15, 0.2) is 0 Å². The summed E-state index contributed by atoms with van der Waals surface area (Å²) in [5.41, 5.74) is 2.54. The number of rotatable bonds is 7. The monoisotopic (exact) mass is 379 g/mol. The fraction of sp³-hybridized carbons (Fsp3) is 0.391. The van der Waals surface area contributed by atoms with E-state index in [-0.39, 0.29) is 11.8 Å². The molecule has 148 valence electrons. The minimum Gasteiger partial charge on any atom is -0.352 e. The van der Waals surface area contributed by atoms with Crippen molar-refractivity contribution in [1.82, 2.24) is 15.1 Å². The number of amides is 2. The van der Waals surface area contributed by atoms with Crippen LogP contribution in [0.15, 0.2) is 54.6 Å². The number of carbonyl (C=O) groups is 2. The Kier molecular flexibility index (Phi) is 7.20. The maximum absolute atomic E-state index is 12.8. The standard InChI is InChI=1S/C23H29N3O2/c1-2-3-13-24-22(27)20-9-11-21(12-10-20)23(28)26-16-14-25(15-17-26)18-19-7-5-4-6-8-19/h4-12H,2-3,13-18H2,1H3,(H,24,27). The van der Waals surface area contributed by atoms with Crippen molar-refractivity contribution in [3.05, 3.63) is 71.3 Å². The molecule has 5 heteroatoms. The van der Waals surface area contributed by atoms with Crippen LogP contribution in [-0.2, 0) is 6.54 Å². The molecule has 5 nitrogen and oxygen atoms in total. The van der Waals surface area contributed by atoms with Gasteiger partial charge in [-0.05, 0) is 36.2 Å². The number of piperazine rings is 1. The lowest BCUT2D eigenvalue weighted by Crippen LogP contribution is -2.48. The maximum atomic E-state index is 12.8. The van der Waals surface area contributed by atoms with Gasteiger partial charge in [0.1, 0.15) is 0 Å². The summed E-state index contributed by atoms with van der Waals surface area (Å²) in [6.07, 6.45) is 2.02. The molecule has 0 unspecified atom stereocenters. The summed E-state index contributed by atoms with van der Waals surface area (Å²) in [5, 5.41) is 2.90. The van der Waals surface area contributed by atoms with Crippen molar-refractivity contribution in [3.63, 3.8) is 0 Å². The van der Waals surface area contributed by atoms with E-state index < -0.39 is 0 Å². The van der Waals surface area contributed by atoms with Gasteiger partial charge in [-0.3, -0.25) is 14.5 Å². The third-order valence-electron chi connectivity index (χ3n) is 5.12. The van der Waals surface area contributed by atoms with Crippen LogP contribution < -0.4 is 5.32 Å². The predicted molar refractivity (Wildman–Crippen MR) is 111 cm³/mol. The zero-order chi connectivity index (χ0) is 19.8. The SMILES string of the molecule is CCCCNC(=O)c1ccc(C(=O)N2CCN(Cc3ccccc3)CC2)cc1. The van der Waals surface area contributed by atoms with Gasteiger partial charge in [0.25, 0.3) is 11.8 Å². The highest BCUT2D eigenvalue weighted by atomic mass is 16.2. The summed E-state index contributed by atoms with van der Waals surface area (Å²) >= 11 is 0. The molecule has 0 aliphatic carbocycles. The zero-order valence-corrected chi connectivity index (χ0v) is 16.6. The van der Waals surface area contributed by atoms with Crippen LogP contribution in [0.1, 0.15) is 46.0 Å². The summed E-state index contributed by atoms with van der Waals surface area (Å²) in [6.45, 7) is 6.90. The molecule has 0 atom stereocenters. The van der Waals surface area contributed by atoms with Crippen LogP contribution in [0.3, 0.4) is 0 Å². The van der Waals surface area contributed by atoms with Gasteiger partial charge in [-0.2, -0.15) is 0 Å². The largest absolute Gasteiger partial charge is 0.352 e. The van der Waals surface area contributed by atoms with Crippen LogP contribution in [0.25, 0.3) is 0 Å². The third kappa shape index (κ3) is 5.42. The number of unbranched alkanes of at least 4 members (excludes halogenated alkanes) is 1. The molecule has 1 aliphatic heterocycles. The van der Waals surface area contributed by atoms with Gasteiger partial charge in [-0.1, -0.05) is 43.7 Å². The van der Waals surface area contributed by atoms with E-state index in [0.717, 1.165) is 45.6 Å². The third-order valence-corrected chi connectivity index (χ3v) is 5.12. The zero-order valence-electron chi connectivity index (χ0n) is 16.6. The molecule has 2 aromatic rings. The van der Waals surface area contributed by atoms with E-state index in [9.17, 15) is 9.59 Å². The fourth-order valence-corrected chi connectivity index (χ4v) is 3.38. The molecule has 0 aromatic heterocycles. The number of nitrogens with zero attached hydrogens (tertiary/aromatic N) is 2. The van der Waals surface area contributed by atoms with Crippen LogP contribution >= 0.6 is 0 Å². The second-order valence-electron chi connectivity index (χ2n) is 7.24. The lowest BCUT2D eigenvalue weighted by atomic mass is 10.1. The van der Waals surface area contributed by atoms with E-state index in [1.54, 1.807) is 24.3 Å². The Morgan fingerprint density at radius 1 is 0.893 bits per heavy atom. The average molecular weight is 380 g/mol. The maximum Gasteiger partial charge on any atom is 0.253 e. The summed E-state index contributed by atoms with van der Waals surface area (Å²) in [4.78, 5) is 29.1. The van der Waals surface area contributed by atoms with E-state index in [1.807, 2.05) is 11.0 Å². The van der Waals surface area contributed by atoms with E-state index in [4.69, 9.17) is 0 Å². The first-order valence-electron chi connectivity index (χ1n) is 10.1. The molecular formula is C23H29N3O2. The topological polar surface area (TPSA) is 52.7 Å². The van der Waals surface area contributed by atoms with Crippen LogP contribution in [0, 0.1) is 0 Å². The summed E-state index contributed by atoms with van der Waals surface area (Å²) < 4.78 is 0. The van der Waals surface area contributed by atoms with E-state index in [2.05, 4.69) is 41.4 Å². The molecule has 1 aliphatic rings. The highest BCUT2D eigenvalue weighted by Crippen LogP contribution is 2.13. The van der Waals surface area contributed by atoms with E-state index in [1.165, 1.54) is 5.56 Å². The molecule has 3 rings (SSSR count). The van der Waals surface area contributed by atoms with Gasteiger partial charge in [0, 0.05) is 50.4 Å². The van der Waals surface area contributed by atoms with Crippen LogP contribution in [-0.4, -0.2) is 54.3 Å². The summed E-state index contributed by atoms with van der Waals surface area (Å²) in [7, 11) is 0. The minimum absolute atomic E-state index is 0.0392. The highest BCUT2D eigenvalue weighted by Gasteiger charge is 2.22. The van der Waals surface area contributed by atoms with Crippen molar-refractivity contribution < 1.29 is 9.59 Å². The van der Waals surface area contributed by atoms with Crippen LogP contribution in [0.4, 0.5) is 0 Å². The normalized spacial score (nSPS) is 14.7. The predicted octanol–water partition coefficient (Wildman–Crippen LogP) is 3.17. The van der Waals surface area contributed by atoms with Crippen molar-refractivity contribution in [2.24, 2.45) is 0 Å². The molecule has 0 saturated carbocycles. The Labute approximate surface area is 167 Å². The Hall–Kier alpha value is -2.66. The van der Waals surface area contributed by atoms with E-state index in [0.29, 0.717) is 17.7 Å². The lowest BCUT2D eigenvalue weighted by molar-refractivity contribution is 0.0628. The Morgan fingerprint density at radius 3 is 2.18 bits per heavy atom. The van der Waals surface area contributed by atoms with Crippen molar-refractivity contribution in [1.29, 1.82) is 0 Å². The molecule has 1 N–H and O–H groups in total. The molecule has 1 saturated heterocycles. The van der Waals surface area contributed by atoms with Gasteiger partial charge in [-0.25, -0.2) is 0 Å². The molecule has 1 fully saturated rings. The Morgan fingerprint density at radius 2 is 1.54 bits per heavy atom. The van der Waals surface area contributed by atoms with Gasteiger partial charge in [-0.15, -0.1) is 0 Å². The molecule has 0 radical (unpaired) electrons. The van der Waals surface area contributed by atoms with Crippen molar-refractivity contribution in [3.8, 4) is 0 Å². The molecule has 2 amide bonds. The number of hydrogen-bond acceptors (Lipinski definition) is 3. The van der Waals surface area contributed by atoms with Gasteiger partial charge in [0.05, 0.1) is 0 Å². The molecule has 28 heavy (non-hydrogen) atoms. The molecule has 1 heterocycles. The van der Waals surface area contributed by atoms with Gasteiger partial charge in [0.2, 0.25) is 0 Å². The average Bonchev–Trinajstić information content (AvgIpc) is 2.75. The first-order chi connectivity index (χ1) is 13.7. The summed E-state index contributed by atoms with van der Waals surface area (Å²) in [6, 6.07) is 17.4. The fourth-order valence-electron chi connectivity index (χ4n) is 3.38. The molecule has 0 bridgehead atoms. The quantitative estimate of drug-likeness (QED) is 0.752. The molecule has 0 spiro atoms.